The van der Waals surface area contributed by atoms with Crippen LogP contribution in [0.15, 0.2) is 22.7 Å². The first kappa shape index (κ1) is 13.8. The average Bonchev–Trinajstić information content (AvgIpc) is 2.85. The van der Waals surface area contributed by atoms with Crippen molar-refractivity contribution in [2.75, 3.05) is 13.1 Å². The van der Waals surface area contributed by atoms with E-state index in [1.54, 1.807) is 11.6 Å². The fourth-order valence-corrected chi connectivity index (χ4v) is 3.56. The molecule has 2 rings (SSSR count). The zero-order valence-corrected chi connectivity index (χ0v) is 11.4. The average molecular weight is 287 g/mol. The van der Waals surface area contributed by atoms with Gasteiger partial charge in [0.15, 0.2) is 5.03 Å². The predicted molar refractivity (Wildman–Crippen MR) is 68.1 cm³/mol. The van der Waals surface area contributed by atoms with Crippen molar-refractivity contribution in [3.05, 3.63) is 12.5 Å². The van der Waals surface area contributed by atoms with E-state index in [0.29, 0.717) is 25.9 Å². The van der Waals surface area contributed by atoms with Gasteiger partial charge in [-0.05, 0) is 12.8 Å². The summed E-state index contributed by atoms with van der Waals surface area (Å²) in [5.41, 5.74) is 5.53. The van der Waals surface area contributed by atoms with E-state index in [4.69, 9.17) is 10.9 Å². The molecular weight excluding hydrogens is 270 g/mol. The van der Waals surface area contributed by atoms with Gasteiger partial charge in [-0.25, -0.2) is 13.4 Å². The Morgan fingerprint density at radius 3 is 2.63 bits per heavy atom. The maximum Gasteiger partial charge on any atom is 0.262 e. The molecule has 1 saturated heterocycles. The lowest BCUT2D eigenvalue weighted by Gasteiger charge is -2.29. The molecule has 0 bridgehead atoms. The van der Waals surface area contributed by atoms with Gasteiger partial charge in [0.25, 0.3) is 10.0 Å². The Labute approximate surface area is 111 Å². The smallest absolute Gasteiger partial charge is 0.262 e. The zero-order chi connectivity index (χ0) is 14.0. The number of imidazole rings is 1. The molecule has 0 aliphatic carbocycles. The summed E-state index contributed by atoms with van der Waals surface area (Å²) in [5.74, 6) is 0.0927. The summed E-state index contributed by atoms with van der Waals surface area (Å²) in [7, 11) is -1.82. The summed E-state index contributed by atoms with van der Waals surface area (Å²) in [6.07, 6.45) is 4.02. The largest absolute Gasteiger partial charge is 0.409 e. The van der Waals surface area contributed by atoms with Crippen LogP contribution in [-0.4, -0.2) is 46.4 Å². The normalized spacial score (nSPS) is 19.7. The summed E-state index contributed by atoms with van der Waals surface area (Å²) in [4.78, 5) is 3.88. The van der Waals surface area contributed by atoms with Crippen LogP contribution < -0.4 is 5.73 Å². The highest BCUT2D eigenvalue weighted by Gasteiger charge is 2.32. The van der Waals surface area contributed by atoms with Crippen LogP contribution in [0.5, 0.6) is 0 Å². The second-order valence-corrected chi connectivity index (χ2v) is 6.47. The summed E-state index contributed by atoms with van der Waals surface area (Å²) in [5, 5.41) is 11.6. The highest BCUT2D eigenvalue weighted by molar-refractivity contribution is 7.89. The number of aromatic nitrogens is 2. The minimum atomic E-state index is -3.54. The third-order valence-corrected chi connectivity index (χ3v) is 5.06. The number of nitrogens with zero attached hydrogens (tertiary/aromatic N) is 4. The molecule has 0 saturated carbocycles. The van der Waals surface area contributed by atoms with Crippen molar-refractivity contribution in [1.82, 2.24) is 13.9 Å². The summed E-state index contributed by atoms with van der Waals surface area (Å²) >= 11 is 0. The lowest BCUT2D eigenvalue weighted by Crippen LogP contribution is -2.41. The molecule has 0 amide bonds. The van der Waals surface area contributed by atoms with Gasteiger partial charge in [-0.2, -0.15) is 4.31 Å². The number of aryl methyl sites for hydroxylation is 1. The van der Waals surface area contributed by atoms with E-state index < -0.39 is 10.0 Å². The number of sulfonamides is 1. The van der Waals surface area contributed by atoms with Crippen LogP contribution in [0.25, 0.3) is 0 Å². The van der Waals surface area contributed by atoms with Gasteiger partial charge < -0.3 is 15.5 Å². The molecule has 0 atom stereocenters. The summed E-state index contributed by atoms with van der Waals surface area (Å²) in [6, 6.07) is 0. The molecule has 19 heavy (non-hydrogen) atoms. The first-order valence-electron chi connectivity index (χ1n) is 5.90. The molecule has 0 radical (unpaired) electrons. The van der Waals surface area contributed by atoms with E-state index in [2.05, 4.69) is 10.1 Å². The standard InChI is InChI=1S/C10H17N5O3S/c1-14-6-9(12-7-14)19(17,18)15-4-2-8(3-5-15)10(11)13-16/h6-8,16H,2-5H2,1H3,(H2,11,13). The van der Waals surface area contributed by atoms with E-state index in [1.807, 2.05) is 0 Å². The maximum atomic E-state index is 12.3. The van der Waals surface area contributed by atoms with Gasteiger partial charge in [-0.1, -0.05) is 5.16 Å². The molecule has 1 aromatic heterocycles. The van der Waals surface area contributed by atoms with Crippen LogP contribution in [0.1, 0.15) is 12.8 Å². The third-order valence-electron chi connectivity index (χ3n) is 3.27. The van der Waals surface area contributed by atoms with E-state index in [-0.39, 0.29) is 16.8 Å². The number of piperidine rings is 1. The Bertz CT molecular complexity index is 572. The van der Waals surface area contributed by atoms with Crippen LogP contribution in [0.2, 0.25) is 0 Å². The molecule has 0 unspecified atom stereocenters. The van der Waals surface area contributed by atoms with Crippen LogP contribution in [0.4, 0.5) is 0 Å². The molecule has 3 N–H and O–H groups in total. The first-order valence-corrected chi connectivity index (χ1v) is 7.34. The van der Waals surface area contributed by atoms with E-state index in [0.717, 1.165) is 0 Å². The van der Waals surface area contributed by atoms with Crippen molar-refractivity contribution in [2.24, 2.45) is 23.9 Å². The van der Waals surface area contributed by atoms with Crippen molar-refractivity contribution in [2.45, 2.75) is 17.9 Å². The van der Waals surface area contributed by atoms with E-state index >= 15 is 0 Å². The van der Waals surface area contributed by atoms with Gasteiger partial charge in [0, 0.05) is 32.3 Å². The fraction of sp³-hybridized carbons (Fsp3) is 0.600. The summed E-state index contributed by atoms with van der Waals surface area (Å²) in [6.45, 7) is 0.694. The Hall–Kier alpha value is -1.61. The molecule has 1 aromatic rings. The third kappa shape index (κ3) is 2.71. The van der Waals surface area contributed by atoms with Gasteiger partial charge in [0.05, 0.1) is 6.33 Å². The Morgan fingerprint density at radius 1 is 1.53 bits per heavy atom. The lowest BCUT2D eigenvalue weighted by molar-refractivity contribution is 0.290. The van der Waals surface area contributed by atoms with Gasteiger partial charge >= 0.3 is 0 Å². The molecule has 1 aliphatic heterocycles. The molecule has 2 heterocycles. The fourth-order valence-electron chi connectivity index (χ4n) is 2.13. The number of hydrogen-bond donors (Lipinski definition) is 2. The van der Waals surface area contributed by atoms with Crippen molar-refractivity contribution in [1.29, 1.82) is 0 Å². The number of oxime groups is 1. The Kier molecular flexibility index (Phi) is 3.76. The number of hydrogen-bond acceptors (Lipinski definition) is 5. The van der Waals surface area contributed by atoms with Gasteiger partial charge in [-0.15, -0.1) is 0 Å². The van der Waals surface area contributed by atoms with E-state index in [1.165, 1.54) is 16.8 Å². The zero-order valence-electron chi connectivity index (χ0n) is 10.6. The molecule has 8 nitrogen and oxygen atoms in total. The van der Waals surface area contributed by atoms with Crippen LogP contribution >= 0.6 is 0 Å². The number of rotatable bonds is 3. The lowest BCUT2D eigenvalue weighted by atomic mass is 9.97. The van der Waals surface area contributed by atoms with Gasteiger partial charge in [0.1, 0.15) is 5.84 Å². The second-order valence-electron chi connectivity index (χ2n) is 4.58. The van der Waals surface area contributed by atoms with Gasteiger partial charge in [0.2, 0.25) is 0 Å². The Morgan fingerprint density at radius 2 is 2.16 bits per heavy atom. The molecule has 9 heteroatoms. The van der Waals surface area contributed by atoms with Crippen molar-refractivity contribution < 1.29 is 13.6 Å². The highest BCUT2D eigenvalue weighted by Crippen LogP contribution is 2.22. The minimum absolute atomic E-state index is 0.0530. The molecular formula is C10H17N5O3S. The molecule has 1 fully saturated rings. The van der Waals surface area contributed by atoms with Crippen molar-refractivity contribution in [3.63, 3.8) is 0 Å². The maximum absolute atomic E-state index is 12.3. The van der Waals surface area contributed by atoms with Crippen LogP contribution in [0, 0.1) is 5.92 Å². The highest BCUT2D eigenvalue weighted by atomic mass is 32.2. The second kappa shape index (κ2) is 5.17. The topological polar surface area (TPSA) is 114 Å². The SMILES string of the molecule is Cn1cnc(S(=O)(=O)N2CCC(C(N)=NO)CC2)c1. The molecule has 0 spiro atoms. The number of nitrogens with two attached hydrogens (primary N) is 1. The first-order chi connectivity index (χ1) is 8.95. The van der Waals surface area contributed by atoms with Crippen molar-refractivity contribution >= 4 is 15.9 Å². The van der Waals surface area contributed by atoms with Gasteiger partial charge in [-0.3, -0.25) is 0 Å². The summed E-state index contributed by atoms with van der Waals surface area (Å²) < 4.78 is 27.6. The quantitative estimate of drug-likeness (QED) is 0.339. The number of amidine groups is 1. The molecule has 1 aliphatic rings. The Balaban J connectivity index is 2.09. The predicted octanol–water partition coefficient (Wildman–Crippen LogP) is -0.433. The van der Waals surface area contributed by atoms with Crippen LogP contribution in [-0.2, 0) is 17.1 Å². The van der Waals surface area contributed by atoms with Crippen molar-refractivity contribution in [3.8, 4) is 0 Å². The molecule has 0 aromatic carbocycles. The molecule has 106 valence electrons. The minimum Gasteiger partial charge on any atom is -0.409 e. The van der Waals surface area contributed by atoms with E-state index in [9.17, 15) is 8.42 Å². The van der Waals surface area contributed by atoms with Crippen LogP contribution in [0.3, 0.4) is 0 Å². The monoisotopic (exact) mass is 287 g/mol.